The van der Waals surface area contributed by atoms with Gasteiger partial charge < -0.3 is 22.4 Å². The summed E-state index contributed by atoms with van der Waals surface area (Å²) in [5, 5.41) is 0. The van der Waals surface area contributed by atoms with Gasteiger partial charge in [0.25, 0.3) is 0 Å². The Morgan fingerprint density at radius 1 is 0.786 bits per heavy atom. The van der Waals surface area contributed by atoms with E-state index in [4.69, 9.17) is 0 Å². The number of unbranched alkanes of at least 4 members (excludes halogenated alkanes) is 5. The highest BCUT2D eigenvalue weighted by Gasteiger charge is 2.04. The predicted molar refractivity (Wildman–Crippen MR) is 59.9 cm³/mol. The summed E-state index contributed by atoms with van der Waals surface area (Å²) in [4.78, 5) is 0. The molecular formula is C11H28ClNO. The van der Waals surface area contributed by atoms with E-state index >= 15 is 0 Å². The summed E-state index contributed by atoms with van der Waals surface area (Å²) in [6.07, 6.45) is 8.48. The Morgan fingerprint density at radius 3 is 1.64 bits per heavy atom. The molecule has 0 spiro atoms. The van der Waals surface area contributed by atoms with E-state index < -0.39 is 0 Å². The van der Waals surface area contributed by atoms with Crippen LogP contribution in [0.2, 0.25) is 0 Å². The van der Waals surface area contributed by atoms with Crippen LogP contribution in [-0.2, 0) is 0 Å². The van der Waals surface area contributed by atoms with Crippen LogP contribution in [0.25, 0.3) is 0 Å². The number of hydrogen-bond donors (Lipinski definition) is 0. The molecule has 3 heteroatoms. The third kappa shape index (κ3) is 18.1. The molecule has 2 nitrogen and oxygen atoms in total. The van der Waals surface area contributed by atoms with Crippen molar-refractivity contribution in [3.8, 4) is 0 Å². The fourth-order valence-corrected chi connectivity index (χ4v) is 1.37. The average molecular weight is 226 g/mol. The number of hydrogen-bond acceptors (Lipinski definition) is 0. The smallest absolute Gasteiger partial charge is 0.0780 e. The molecule has 0 aliphatic carbocycles. The Morgan fingerprint density at radius 2 is 1.21 bits per heavy atom. The summed E-state index contributed by atoms with van der Waals surface area (Å²) in [5.41, 5.74) is 0. The standard InChI is InChI=1S/C11H26N.ClH.H2O/c1-5-6-7-8-9-10-11-12(2,3)4;;/h5-11H2,1-4H3;1H;1H2/q+1;;/p-1. The monoisotopic (exact) mass is 225 g/mol. The molecule has 0 aliphatic rings. The van der Waals surface area contributed by atoms with Gasteiger partial charge in [-0.2, -0.15) is 0 Å². The van der Waals surface area contributed by atoms with Crippen LogP contribution in [0.4, 0.5) is 0 Å². The summed E-state index contributed by atoms with van der Waals surface area (Å²) in [6, 6.07) is 0. The van der Waals surface area contributed by atoms with E-state index in [-0.39, 0.29) is 17.9 Å². The van der Waals surface area contributed by atoms with Gasteiger partial charge in [0.15, 0.2) is 0 Å². The van der Waals surface area contributed by atoms with E-state index in [0.717, 1.165) is 4.48 Å². The van der Waals surface area contributed by atoms with Crippen molar-refractivity contribution < 1.29 is 22.4 Å². The van der Waals surface area contributed by atoms with Crippen molar-refractivity contribution in [2.75, 3.05) is 27.7 Å². The molecule has 0 fully saturated rings. The Hall–Kier alpha value is 0.210. The molecule has 0 atom stereocenters. The minimum Gasteiger partial charge on any atom is -1.00 e. The van der Waals surface area contributed by atoms with Crippen LogP contribution < -0.4 is 12.4 Å². The molecule has 14 heavy (non-hydrogen) atoms. The van der Waals surface area contributed by atoms with Gasteiger partial charge in [0.1, 0.15) is 0 Å². The zero-order chi connectivity index (χ0) is 9.45. The van der Waals surface area contributed by atoms with Gasteiger partial charge in [0.2, 0.25) is 0 Å². The van der Waals surface area contributed by atoms with Gasteiger partial charge in [-0.05, 0) is 12.8 Å². The lowest BCUT2D eigenvalue weighted by atomic mass is 10.1. The molecule has 0 saturated carbocycles. The molecule has 0 heterocycles. The van der Waals surface area contributed by atoms with Crippen LogP contribution in [0, 0.1) is 0 Å². The number of rotatable bonds is 7. The van der Waals surface area contributed by atoms with Gasteiger partial charge in [0, 0.05) is 0 Å². The highest BCUT2D eigenvalue weighted by atomic mass is 35.5. The molecule has 0 aromatic heterocycles. The van der Waals surface area contributed by atoms with Gasteiger partial charge >= 0.3 is 0 Å². The topological polar surface area (TPSA) is 31.5 Å². The summed E-state index contributed by atoms with van der Waals surface area (Å²) in [5.74, 6) is 0. The second-order valence-corrected chi connectivity index (χ2v) is 4.78. The lowest BCUT2D eigenvalue weighted by molar-refractivity contribution is -0.870. The van der Waals surface area contributed by atoms with Crippen molar-refractivity contribution in [1.29, 1.82) is 0 Å². The van der Waals surface area contributed by atoms with Crippen molar-refractivity contribution >= 4 is 0 Å². The summed E-state index contributed by atoms with van der Waals surface area (Å²) >= 11 is 0. The maximum atomic E-state index is 2.27. The van der Waals surface area contributed by atoms with Gasteiger partial charge in [-0.1, -0.05) is 32.6 Å². The van der Waals surface area contributed by atoms with Crippen molar-refractivity contribution in [3.05, 3.63) is 0 Å². The van der Waals surface area contributed by atoms with Crippen LogP contribution in [0.1, 0.15) is 45.4 Å². The predicted octanol–water partition coefficient (Wildman–Crippen LogP) is -0.768. The molecular weight excluding hydrogens is 198 g/mol. The van der Waals surface area contributed by atoms with Crippen LogP contribution in [0.3, 0.4) is 0 Å². The summed E-state index contributed by atoms with van der Waals surface area (Å²) in [6.45, 7) is 3.60. The highest BCUT2D eigenvalue weighted by molar-refractivity contribution is 4.42. The van der Waals surface area contributed by atoms with Crippen molar-refractivity contribution in [2.45, 2.75) is 45.4 Å². The van der Waals surface area contributed by atoms with E-state index in [2.05, 4.69) is 28.1 Å². The van der Waals surface area contributed by atoms with Crippen LogP contribution >= 0.6 is 0 Å². The molecule has 0 radical (unpaired) electrons. The van der Waals surface area contributed by atoms with E-state index in [0.29, 0.717) is 0 Å². The minimum absolute atomic E-state index is 0. The fourth-order valence-electron chi connectivity index (χ4n) is 1.37. The maximum Gasteiger partial charge on any atom is 0.0780 e. The van der Waals surface area contributed by atoms with Gasteiger partial charge in [-0.25, -0.2) is 0 Å². The second kappa shape index (κ2) is 11.3. The van der Waals surface area contributed by atoms with Crippen molar-refractivity contribution in [2.24, 2.45) is 0 Å². The first-order valence-electron chi connectivity index (χ1n) is 5.36. The third-order valence-electron chi connectivity index (χ3n) is 2.18. The van der Waals surface area contributed by atoms with Crippen LogP contribution in [0.5, 0.6) is 0 Å². The molecule has 0 saturated heterocycles. The summed E-state index contributed by atoms with van der Waals surface area (Å²) < 4.78 is 1.12. The lowest BCUT2D eigenvalue weighted by Crippen LogP contribution is -3.00. The average Bonchev–Trinajstić information content (AvgIpc) is 1.94. The lowest BCUT2D eigenvalue weighted by Gasteiger charge is -2.23. The molecule has 0 rings (SSSR count). The van der Waals surface area contributed by atoms with Crippen LogP contribution in [0.15, 0.2) is 0 Å². The zero-order valence-electron chi connectivity index (χ0n) is 10.3. The first-order valence-corrected chi connectivity index (χ1v) is 5.36. The molecule has 0 unspecified atom stereocenters. The largest absolute Gasteiger partial charge is 1.00 e. The number of nitrogens with zero attached hydrogens (tertiary/aromatic N) is 1. The normalized spacial score (nSPS) is 10.3. The molecule has 0 aliphatic heterocycles. The van der Waals surface area contributed by atoms with Crippen LogP contribution in [-0.4, -0.2) is 37.6 Å². The molecule has 90 valence electrons. The quantitative estimate of drug-likeness (QED) is 0.403. The third-order valence-corrected chi connectivity index (χ3v) is 2.18. The molecule has 0 bridgehead atoms. The molecule has 0 aromatic rings. The Bertz CT molecular complexity index is 102. The first-order chi connectivity index (χ1) is 5.56. The maximum absolute atomic E-state index is 2.27. The highest BCUT2D eigenvalue weighted by Crippen LogP contribution is 2.06. The second-order valence-electron chi connectivity index (χ2n) is 4.78. The molecule has 0 aromatic carbocycles. The van der Waals surface area contributed by atoms with E-state index in [1.165, 1.54) is 45.1 Å². The number of halogens is 1. The molecule has 0 amide bonds. The molecule has 2 N–H and O–H groups in total. The first kappa shape index (κ1) is 19.7. The number of quaternary nitrogens is 1. The Balaban J connectivity index is -0.000000605. The van der Waals surface area contributed by atoms with E-state index in [1.807, 2.05) is 0 Å². The van der Waals surface area contributed by atoms with Gasteiger partial charge in [-0.3, -0.25) is 0 Å². The fraction of sp³-hybridized carbons (Fsp3) is 1.00. The van der Waals surface area contributed by atoms with Crippen molar-refractivity contribution in [1.82, 2.24) is 0 Å². The van der Waals surface area contributed by atoms with E-state index in [1.54, 1.807) is 0 Å². The minimum atomic E-state index is 0. The Kier molecular flexibility index (Phi) is 15.9. The zero-order valence-corrected chi connectivity index (χ0v) is 11.0. The van der Waals surface area contributed by atoms with Gasteiger partial charge in [0.05, 0.1) is 27.7 Å². The van der Waals surface area contributed by atoms with Gasteiger partial charge in [-0.15, -0.1) is 0 Å². The van der Waals surface area contributed by atoms with Crippen molar-refractivity contribution in [3.63, 3.8) is 0 Å². The van der Waals surface area contributed by atoms with E-state index in [9.17, 15) is 0 Å². The Labute approximate surface area is 96.0 Å². The summed E-state index contributed by atoms with van der Waals surface area (Å²) in [7, 11) is 6.81. The SMILES string of the molecule is CCCCCCCC[N+](C)(C)C.O.[Cl-].